The van der Waals surface area contributed by atoms with Gasteiger partial charge in [-0.15, -0.1) is 10.2 Å². The highest BCUT2D eigenvalue weighted by molar-refractivity contribution is 5.77. The Hall–Kier alpha value is -1.96. The molecule has 0 radical (unpaired) electrons. The molecule has 21 heavy (non-hydrogen) atoms. The van der Waals surface area contributed by atoms with Gasteiger partial charge in [0.25, 0.3) is 0 Å². The predicted octanol–water partition coefficient (Wildman–Crippen LogP) is -1.53. The summed E-state index contributed by atoms with van der Waals surface area (Å²) in [6, 6.07) is 16.5. The number of aromatic nitrogens is 1. The zero-order valence-corrected chi connectivity index (χ0v) is 11.8. The number of oxazole rings is 1. The number of H-pyrrole nitrogens is 1. The van der Waals surface area contributed by atoms with Gasteiger partial charge in [-0.25, -0.2) is 18.6 Å². The zero-order valence-electron chi connectivity index (χ0n) is 11.0. The minimum atomic E-state index is -4.94. The van der Waals surface area contributed by atoms with E-state index in [4.69, 9.17) is 23.1 Å². The molecule has 6 nitrogen and oxygen atoms in total. The van der Waals surface area contributed by atoms with Crippen LogP contribution in [-0.2, 0) is 0 Å². The molecule has 0 aliphatic heterocycles. The molecule has 3 aromatic rings. The minimum absolute atomic E-state index is 0.834. The van der Waals surface area contributed by atoms with Crippen molar-refractivity contribution < 1.29 is 38.3 Å². The first-order valence-corrected chi connectivity index (χ1v) is 7.16. The Bertz CT molecular complexity index is 715. The molecular weight excluding hydrogens is 298 g/mol. The van der Waals surface area contributed by atoms with E-state index in [2.05, 4.69) is 29.2 Å². The third kappa shape index (κ3) is 4.82. The van der Waals surface area contributed by atoms with Gasteiger partial charge in [0, 0.05) is 6.07 Å². The second-order valence-corrected chi connectivity index (χ2v) is 4.99. The molecule has 1 N–H and O–H groups in total. The summed E-state index contributed by atoms with van der Waals surface area (Å²) in [5, 5.41) is 0. The monoisotopic (exact) mass is 309 g/mol. The predicted molar refractivity (Wildman–Crippen MR) is 62.9 cm³/mol. The first-order valence-electron chi connectivity index (χ1n) is 5.92. The van der Waals surface area contributed by atoms with Crippen molar-refractivity contribution in [1.82, 2.24) is 0 Å². The van der Waals surface area contributed by atoms with E-state index in [0.29, 0.717) is 0 Å². The van der Waals surface area contributed by atoms with Gasteiger partial charge < -0.3 is 4.42 Å². The highest BCUT2D eigenvalue weighted by atomic mass is 35.7. The van der Waals surface area contributed by atoms with Crippen LogP contribution in [0.2, 0.25) is 0 Å². The van der Waals surface area contributed by atoms with Gasteiger partial charge >= 0.3 is 5.89 Å². The van der Waals surface area contributed by atoms with Crippen LogP contribution in [0.3, 0.4) is 0 Å². The maximum Gasteiger partial charge on any atom is 0.343 e. The molecular formula is C14H12ClNO5. The van der Waals surface area contributed by atoms with Gasteiger partial charge in [-0.05, 0) is 17.2 Å². The van der Waals surface area contributed by atoms with Crippen molar-refractivity contribution in [2.45, 2.75) is 6.92 Å². The Morgan fingerprint density at radius 3 is 2.14 bits per heavy atom. The van der Waals surface area contributed by atoms with Crippen LogP contribution in [0.4, 0.5) is 0 Å². The Kier molecular flexibility index (Phi) is 4.56. The molecule has 2 aromatic carbocycles. The van der Waals surface area contributed by atoms with E-state index < -0.39 is 10.2 Å². The van der Waals surface area contributed by atoms with Crippen LogP contribution in [-0.4, -0.2) is 0 Å². The smallest absolute Gasteiger partial charge is 0.343 e. The maximum absolute atomic E-state index is 8.49. The third-order valence-electron chi connectivity index (χ3n) is 2.66. The summed E-state index contributed by atoms with van der Waals surface area (Å²) in [6.07, 6.45) is 0. The van der Waals surface area contributed by atoms with E-state index in [1.165, 1.54) is 11.1 Å². The highest BCUT2D eigenvalue weighted by Crippen LogP contribution is 2.22. The first-order chi connectivity index (χ1) is 9.83. The fourth-order valence-electron chi connectivity index (χ4n) is 1.91. The van der Waals surface area contributed by atoms with Crippen molar-refractivity contribution in [2.75, 3.05) is 0 Å². The standard InChI is InChI=1S/C14H11NO.ClHO4/c1-10-15-13-9-12(7-8-14(13)16-10)11-5-3-2-4-6-11;2-1(3,4)5/h2-9H,1H3;(H,2,3,4,5). The second-order valence-electron chi connectivity index (χ2n) is 4.24. The summed E-state index contributed by atoms with van der Waals surface area (Å²) >= 11 is 0. The second kappa shape index (κ2) is 6.21. The molecule has 110 valence electrons. The van der Waals surface area contributed by atoms with E-state index in [-0.39, 0.29) is 0 Å². The van der Waals surface area contributed by atoms with Crippen LogP contribution in [0, 0.1) is 17.2 Å². The van der Waals surface area contributed by atoms with Crippen LogP contribution in [0.15, 0.2) is 52.9 Å². The van der Waals surface area contributed by atoms with Crippen LogP contribution in [0.1, 0.15) is 5.89 Å². The van der Waals surface area contributed by atoms with Gasteiger partial charge in [-0.1, -0.05) is 36.4 Å². The number of rotatable bonds is 1. The summed E-state index contributed by atoms with van der Waals surface area (Å²) in [4.78, 5) is 3.20. The fourth-order valence-corrected chi connectivity index (χ4v) is 1.91. The largest absolute Gasteiger partial charge is 0.402 e. The van der Waals surface area contributed by atoms with E-state index in [9.17, 15) is 0 Å². The van der Waals surface area contributed by atoms with Crippen LogP contribution < -0.4 is 23.6 Å². The molecule has 1 aromatic heterocycles. The lowest BCUT2D eigenvalue weighted by Crippen LogP contribution is -2.68. The number of aryl methyl sites for hydroxylation is 1. The summed E-state index contributed by atoms with van der Waals surface area (Å²) in [5.41, 5.74) is 4.36. The number of halogens is 1. The Morgan fingerprint density at radius 2 is 1.52 bits per heavy atom. The van der Waals surface area contributed by atoms with Crippen molar-refractivity contribution in [3.05, 3.63) is 54.4 Å². The molecule has 0 spiro atoms. The lowest BCUT2D eigenvalue weighted by atomic mass is 10.1. The molecule has 1 heterocycles. The van der Waals surface area contributed by atoms with E-state index in [0.717, 1.165) is 17.0 Å². The van der Waals surface area contributed by atoms with Gasteiger partial charge in [0.05, 0.1) is 6.92 Å². The highest BCUT2D eigenvalue weighted by Gasteiger charge is 2.09. The summed E-state index contributed by atoms with van der Waals surface area (Å²) in [5.74, 6) is 0.834. The van der Waals surface area contributed by atoms with Crippen LogP contribution >= 0.6 is 0 Å². The molecule has 0 fully saturated rings. The van der Waals surface area contributed by atoms with Crippen molar-refractivity contribution in [3.8, 4) is 11.1 Å². The van der Waals surface area contributed by atoms with Crippen molar-refractivity contribution in [1.29, 1.82) is 0 Å². The van der Waals surface area contributed by atoms with Crippen molar-refractivity contribution in [2.24, 2.45) is 0 Å². The number of benzene rings is 2. The number of nitrogens with one attached hydrogen (secondary N) is 1. The molecule has 0 unspecified atom stereocenters. The average Bonchev–Trinajstić information content (AvgIpc) is 2.77. The lowest BCUT2D eigenvalue weighted by molar-refractivity contribution is -2.00. The van der Waals surface area contributed by atoms with E-state index in [1.54, 1.807) is 0 Å². The number of aromatic amines is 1. The normalized spacial score (nSPS) is 11.1. The third-order valence-corrected chi connectivity index (χ3v) is 2.66. The molecule has 3 rings (SSSR count). The van der Waals surface area contributed by atoms with Crippen LogP contribution in [0.5, 0.6) is 0 Å². The average molecular weight is 310 g/mol. The number of hydrogen-bond donors (Lipinski definition) is 0. The Labute approximate surface area is 122 Å². The number of hydrogen-bond acceptors (Lipinski definition) is 5. The fraction of sp³-hybridized carbons (Fsp3) is 0.0714. The molecule has 0 atom stereocenters. The SMILES string of the molecule is Cc1[nH+]c2cc(-c3ccccc3)ccc2o1.[O-][Cl+3]([O-])([O-])[O-]. The molecule has 0 bridgehead atoms. The molecule has 0 aliphatic carbocycles. The molecule has 0 saturated heterocycles. The topological polar surface area (TPSA) is 120 Å². The van der Waals surface area contributed by atoms with Crippen molar-refractivity contribution in [3.63, 3.8) is 0 Å². The zero-order chi connectivity index (χ0) is 15.5. The summed E-state index contributed by atoms with van der Waals surface area (Å²) in [7, 11) is -4.94. The molecule has 0 aliphatic rings. The van der Waals surface area contributed by atoms with Crippen LogP contribution in [0.25, 0.3) is 22.2 Å². The Morgan fingerprint density at radius 1 is 0.905 bits per heavy atom. The summed E-state index contributed by atoms with van der Waals surface area (Å²) in [6.45, 7) is 1.92. The molecule has 7 heteroatoms. The lowest BCUT2D eigenvalue weighted by Gasteiger charge is -2.17. The number of fused-ring (bicyclic) bond motifs is 1. The van der Waals surface area contributed by atoms with Gasteiger partial charge in [0.1, 0.15) is 0 Å². The van der Waals surface area contributed by atoms with Gasteiger partial charge in [0.15, 0.2) is 0 Å². The Balaban J connectivity index is 0.000000282. The first kappa shape index (κ1) is 15.4. The minimum Gasteiger partial charge on any atom is -0.402 e. The van der Waals surface area contributed by atoms with Gasteiger partial charge in [0.2, 0.25) is 11.1 Å². The maximum atomic E-state index is 8.49. The molecule has 0 saturated carbocycles. The van der Waals surface area contributed by atoms with Gasteiger partial charge in [-0.3, -0.25) is 0 Å². The van der Waals surface area contributed by atoms with E-state index in [1.807, 2.05) is 31.2 Å². The van der Waals surface area contributed by atoms with Crippen molar-refractivity contribution >= 4 is 11.1 Å². The quantitative estimate of drug-likeness (QED) is 0.540. The molecule has 0 amide bonds. The van der Waals surface area contributed by atoms with Gasteiger partial charge in [-0.2, -0.15) is 4.98 Å². The summed E-state index contributed by atoms with van der Waals surface area (Å²) < 4.78 is 39.5. The van der Waals surface area contributed by atoms with E-state index >= 15 is 0 Å².